The molecule has 0 radical (unpaired) electrons. The van der Waals surface area contributed by atoms with E-state index in [1.54, 1.807) is 44.5 Å². The highest BCUT2D eigenvalue weighted by Gasteiger charge is 2.44. The average molecular weight is 1260 g/mol. The lowest BCUT2D eigenvalue weighted by molar-refractivity contribution is -0.236. The van der Waals surface area contributed by atoms with Crippen LogP contribution < -0.4 is 26.6 Å². The number of esters is 1. The van der Waals surface area contributed by atoms with Crippen LogP contribution in [0.15, 0.2) is 30.3 Å². The highest BCUT2D eigenvalue weighted by atomic mass is 16.7. The monoisotopic (exact) mass is 1260 g/mol. The molecule has 510 valence electrons. The lowest BCUT2D eigenvalue weighted by Gasteiger charge is -2.41. The topological polar surface area (TPSA) is 282 Å². The zero-order valence-corrected chi connectivity index (χ0v) is 57.9. The second-order valence-electron chi connectivity index (χ2n) is 28.0. The summed E-state index contributed by atoms with van der Waals surface area (Å²) in [5, 5.41) is 24.1. The molecule has 0 spiro atoms. The molecule has 1 aromatic carbocycles. The SMILES string of the molecule is CC[C@@H](C)[C@H]([C@H](CC(=O)N1CCC[C@@H]1[C@@H](OC)[C@H](C)C(=O)N[C@H](Cc1ccccc1)C(=O)NCCCOC(=O)[C@H](NC(=O)CCNC(=O)OCC(OC(CO)CC(C)(C)C)OC(C)(C)C)C(C)(C)C)OC)N(C)C(=O)[C@H](NC(=O)[C@@H](C(C)C)N(C)C)C(C)C. The van der Waals surface area contributed by atoms with Crippen molar-refractivity contribution in [3.63, 3.8) is 0 Å². The number of aliphatic hydroxyl groups is 1. The number of likely N-dealkylation sites (N-methyl/N-ethyl adjacent to an activating group) is 2. The molecule has 1 heterocycles. The number of nitrogens with one attached hydrogen (secondary N) is 5. The van der Waals surface area contributed by atoms with E-state index in [2.05, 4.69) is 26.6 Å². The molecule has 0 saturated carbocycles. The highest BCUT2D eigenvalue weighted by Crippen LogP contribution is 2.31. The van der Waals surface area contributed by atoms with Crippen molar-refractivity contribution in [3.05, 3.63) is 35.9 Å². The molecule has 1 aliphatic rings. The molecule has 0 bridgehead atoms. The molecular weight excluding hydrogens is 1140 g/mol. The maximum absolute atomic E-state index is 14.6. The number of hydrogen-bond donors (Lipinski definition) is 6. The summed E-state index contributed by atoms with van der Waals surface area (Å²) in [6, 6.07) is 4.87. The number of ether oxygens (including phenoxy) is 6. The van der Waals surface area contributed by atoms with Gasteiger partial charge in [-0.2, -0.15) is 0 Å². The molecule has 6 N–H and O–H groups in total. The van der Waals surface area contributed by atoms with Gasteiger partial charge in [-0.05, 0) is 94.7 Å². The molecule has 23 nitrogen and oxygen atoms in total. The predicted octanol–water partition coefficient (Wildman–Crippen LogP) is 6.01. The minimum absolute atomic E-state index is 0.000762. The number of carbonyl (C=O) groups is 8. The molecule has 2 unspecified atom stereocenters. The first kappa shape index (κ1) is 79.6. The van der Waals surface area contributed by atoms with Gasteiger partial charge in [0, 0.05) is 53.7 Å². The number of amides is 7. The van der Waals surface area contributed by atoms with Gasteiger partial charge in [0.2, 0.25) is 35.4 Å². The number of benzene rings is 1. The Morgan fingerprint density at radius 3 is 1.94 bits per heavy atom. The van der Waals surface area contributed by atoms with Crippen LogP contribution in [-0.2, 0) is 68.4 Å². The third-order valence-corrected chi connectivity index (χ3v) is 16.0. The van der Waals surface area contributed by atoms with Crippen LogP contribution in [0.3, 0.4) is 0 Å². The van der Waals surface area contributed by atoms with Gasteiger partial charge in [0.15, 0.2) is 6.29 Å². The van der Waals surface area contributed by atoms with E-state index < -0.39 is 108 Å². The van der Waals surface area contributed by atoms with Crippen LogP contribution in [0.5, 0.6) is 0 Å². The summed E-state index contributed by atoms with van der Waals surface area (Å²) >= 11 is 0. The van der Waals surface area contributed by atoms with E-state index in [9.17, 15) is 43.5 Å². The Labute approximate surface area is 532 Å². The van der Waals surface area contributed by atoms with Crippen LogP contribution >= 0.6 is 0 Å². The first-order valence-electron chi connectivity index (χ1n) is 31.9. The summed E-state index contributed by atoms with van der Waals surface area (Å²) in [7, 11) is 8.41. The van der Waals surface area contributed by atoms with E-state index in [-0.39, 0.29) is 99.5 Å². The molecule has 1 aliphatic heterocycles. The van der Waals surface area contributed by atoms with Crippen LogP contribution in [0, 0.1) is 34.5 Å². The van der Waals surface area contributed by atoms with Crippen molar-refractivity contribution in [2.75, 3.05) is 74.8 Å². The summed E-state index contributed by atoms with van der Waals surface area (Å²) in [6.07, 6.45) is -1.24. The van der Waals surface area contributed by atoms with Gasteiger partial charge in [-0.1, -0.05) is 127 Å². The largest absolute Gasteiger partial charge is 0.464 e. The summed E-state index contributed by atoms with van der Waals surface area (Å²) in [5.41, 5.74) is -0.754. The van der Waals surface area contributed by atoms with E-state index >= 15 is 0 Å². The lowest BCUT2D eigenvalue weighted by Crippen LogP contribution is -2.59. The minimum atomic E-state index is -1.06. The molecule has 23 heteroatoms. The third-order valence-electron chi connectivity index (χ3n) is 16.0. The maximum Gasteiger partial charge on any atom is 0.407 e. The molecular formula is C66H116N8O15. The minimum Gasteiger partial charge on any atom is -0.464 e. The number of likely N-dealkylation sites (tertiary alicyclic amines) is 1. The molecule has 1 aromatic rings. The Kier molecular flexibility index (Phi) is 33.8. The molecule has 0 aliphatic carbocycles. The van der Waals surface area contributed by atoms with E-state index in [0.29, 0.717) is 32.2 Å². The zero-order valence-electron chi connectivity index (χ0n) is 57.9. The van der Waals surface area contributed by atoms with E-state index in [0.717, 1.165) is 5.56 Å². The van der Waals surface area contributed by atoms with Gasteiger partial charge in [-0.25, -0.2) is 9.59 Å². The third kappa shape index (κ3) is 27.5. The van der Waals surface area contributed by atoms with Crippen LogP contribution in [0.2, 0.25) is 0 Å². The van der Waals surface area contributed by atoms with Crippen molar-refractivity contribution >= 4 is 47.5 Å². The maximum atomic E-state index is 14.6. The Morgan fingerprint density at radius 2 is 1.42 bits per heavy atom. The van der Waals surface area contributed by atoms with Crippen LogP contribution in [0.4, 0.5) is 4.79 Å². The first-order chi connectivity index (χ1) is 41.4. The van der Waals surface area contributed by atoms with E-state index in [1.165, 1.54) is 14.2 Å². The molecule has 12 atom stereocenters. The van der Waals surface area contributed by atoms with Gasteiger partial charge < -0.3 is 69.9 Å². The van der Waals surface area contributed by atoms with Crippen LogP contribution in [0.25, 0.3) is 0 Å². The van der Waals surface area contributed by atoms with Crippen molar-refractivity contribution in [1.82, 2.24) is 41.3 Å². The van der Waals surface area contributed by atoms with Gasteiger partial charge in [-0.3, -0.25) is 33.7 Å². The quantitative estimate of drug-likeness (QED) is 0.0253. The highest BCUT2D eigenvalue weighted by molar-refractivity contribution is 5.91. The van der Waals surface area contributed by atoms with Gasteiger partial charge in [0.1, 0.15) is 24.7 Å². The Morgan fingerprint density at radius 1 is 0.775 bits per heavy atom. The van der Waals surface area contributed by atoms with Gasteiger partial charge in [0.25, 0.3) is 0 Å². The second-order valence-corrected chi connectivity index (χ2v) is 28.0. The fraction of sp³-hybridized carbons (Fsp3) is 0.788. The fourth-order valence-electron chi connectivity index (χ4n) is 11.3. The van der Waals surface area contributed by atoms with Gasteiger partial charge in [0.05, 0.1) is 67.6 Å². The van der Waals surface area contributed by atoms with Crippen molar-refractivity contribution in [2.24, 2.45) is 34.5 Å². The molecule has 0 aromatic heterocycles. The first-order valence-corrected chi connectivity index (χ1v) is 31.9. The number of carbonyl (C=O) groups excluding carboxylic acids is 8. The number of methoxy groups -OCH3 is 2. The van der Waals surface area contributed by atoms with E-state index in [4.69, 9.17) is 28.4 Å². The molecule has 1 saturated heterocycles. The van der Waals surface area contributed by atoms with Crippen molar-refractivity contribution < 1.29 is 71.9 Å². The summed E-state index contributed by atoms with van der Waals surface area (Å²) in [6.45, 7) is 30.1. The number of aliphatic hydroxyl groups excluding tert-OH is 1. The summed E-state index contributed by atoms with van der Waals surface area (Å²) in [4.78, 5) is 115. The smallest absolute Gasteiger partial charge is 0.407 e. The van der Waals surface area contributed by atoms with Crippen molar-refractivity contribution in [3.8, 4) is 0 Å². The Bertz CT molecular complexity index is 2350. The number of rotatable bonds is 37. The summed E-state index contributed by atoms with van der Waals surface area (Å²) < 4.78 is 35.0. The van der Waals surface area contributed by atoms with Crippen molar-refractivity contribution in [1.29, 1.82) is 0 Å². The Hall–Kier alpha value is -5.46. The van der Waals surface area contributed by atoms with Crippen molar-refractivity contribution in [2.45, 2.75) is 229 Å². The Balaban J connectivity index is 2.12. The normalized spacial score (nSPS) is 17.7. The number of nitrogens with zero attached hydrogens (tertiary/aromatic N) is 3. The zero-order chi connectivity index (χ0) is 67.7. The second kappa shape index (κ2) is 37.8. The molecule has 1 fully saturated rings. The average Bonchev–Trinajstić information content (AvgIpc) is 4.16. The molecule has 89 heavy (non-hydrogen) atoms. The van der Waals surface area contributed by atoms with Gasteiger partial charge in [-0.15, -0.1) is 0 Å². The standard InChI is InChI=1S/C66H116N8O15/c1-22-43(6)55(73(19)61(81)53(41(2)3)71-60(80)54(42(4)5)72(17)18)49(84-20)37-51(77)74-34-26-30-48(74)56(85-21)44(7)58(78)69-47(36-45-28-24-23-25-29-45)59(79)67-32-27-35-86-62(82)57(65(11,12)13)70-50(76)31-33-68-63(83)87-40-52(89-66(14,15)16)88-46(39-75)38-64(8,9)10/h23-25,28-29,41-44,46-49,52-57,75H,22,26-27,30-40H2,1-21H3,(H,67,79)(H,68,83)(H,69,78)(H,70,76)(H,71,80)/t43-,44+,46?,47-,48-,49+,52?,53-,54-,55-,56+,57+/m1/s1. The van der Waals surface area contributed by atoms with Crippen LogP contribution in [-0.4, -0.2) is 209 Å². The van der Waals surface area contributed by atoms with Crippen LogP contribution in [0.1, 0.15) is 161 Å². The van der Waals surface area contributed by atoms with Gasteiger partial charge >= 0.3 is 12.1 Å². The summed E-state index contributed by atoms with van der Waals surface area (Å²) in [5.74, 6) is -4.02. The number of hydrogen-bond acceptors (Lipinski definition) is 16. The molecule has 2 rings (SSSR count). The fourth-order valence-corrected chi connectivity index (χ4v) is 11.3. The van der Waals surface area contributed by atoms with E-state index in [1.807, 2.05) is 132 Å². The predicted molar refractivity (Wildman–Crippen MR) is 342 cm³/mol. The lowest BCUT2D eigenvalue weighted by atomic mass is 9.86. The molecule has 7 amide bonds. The number of alkyl carbamates (subject to hydrolysis) is 1.